The van der Waals surface area contributed by atoms with E-state index in [-0.39, 0.29) is 17.8 Å². The van der Waals surface area contributed by atoms with E-state index in [1.807, 2.05) is 31.2 Å². The minimum absolute atomic E-state index is 0.0977. The molecule has 1 amide bonds. The zero-order valence-corrected chi connectivity index (χ0v) is 15.4. The number of likely N-dealkylation sites (N-methyl/N-ethyl adjacent to an activating group) is 1. The van der Waals surface area contributed by atoms with E-state index in [9.17, 15) is 9.59 Å². The predicted octanol–water partition coefficient (Wildman–Crippen LogP) is 3.81. The average molecular weight is 352 g/mol. The molecule has 0 spiro atoms. The minimum Gasteiger partial charge on any atom is -0.469 e. The molecule has 0 radical (unpaired) electrons. The molecule has 0 aromatic heterocycles. The second kappa shape index (κ2) is 8.02. The summed E-state index contributed by atoms with van der Waals surface area (Å²) in [6, 6.07) is 7.63. The lowest BCUT2D eigenvalue weighted by Gasteiger charge is -2.35. The highest BCUT2D eigenvalue weighted by Crippen LogP contribution is 2.43. The Kier molecular flexibility index (Phi) is 6.27. The highest BCUT2D eigenvalue weighted by atomic mass is 35.5. The van der Waals surface area contributed by atoms with E-state index in [4.69, 9.17) is 16.3 Å². The minimum atomic E-state index is -0.517. The SMILES string of the molecule is CCN(CC(C)C(=O)OC)C(=O)C1(c2cccc(Cl)c2)CCCC1. The van der Waals surface area contributed by atoms with Crippen LogP contribution in [0.25, 0.3) is 0 Å². The zero-order chi connectivity index (χ0) is 17.7. The molecule has 1 aliphatic carbocycles. The molecule has 0 saturated heterocycles. The lowest BCUT2D eigenvalue weighted by molar-refractivity contribution is -0.147. The molecule has 0 aliphatic heterocycles. The van der Waals surface area contributed by atoms with Crippen LogP contribution in [0.3, 0.4) is 0 Å². The lowest BCUT2D eigenvalue weighted by atomic mass is 9.77. The highest BCUT2D eigenvalue weighted by Gasteiger charge is 2.45. The van der Waals surface area contributed by atoms with Gasteiger partial charge in [-0.1, -0.05) is 43.5 Å². The van der Waals surface area contributed by atoms with Gasteiger partial charge in [0.1, 0.15) is 0 Å². The van der Waals surface area contributed by atoms with E-state index in [2.05, 4.69) is 0 Å². The fourth-order valence-electron chi connectivity index (χ4n) is 3.66. The average Bonchev–Trinajstić information content (AvgIpc) is 3.09. The van der Waals surface area contributed by atoms with Crippen LogP contribution < -0.4 is 0 Å². The summed E-state index contributed by atoms with van der Waals surface area (Å²) >= 11 is 6.16. The third-order valence-electron chi connectivity index (χ3n) is 5.01. The van der Waals surface area contributed by atoms with Crippen molar-refractivity contribution in [3.8, 4) is 0 Å². The van der Waals surface area contributed by atoms with Crippen LogP contribution in [0.5, 0.6) is 0 Å². The number of benzene rings is 1. The number of halogens is 1. The molecule has 0 heterocycles. The quantitative estimate of drug-likeness (QED) is 0.732. The van der Waals surface area contributed by atoms with E-state index in [1.165, 1.54) is 7.11 Å². The number of hydrogen-bond acceptors (Lipinski definition) is 3. The lowest BCUT2D eigenvalue weighted by Crippen LogP contribution is -2.47. The maximum absolute atomic E-state index is 13.4. The van der Waals surface area contributed by atoms with E-state index in [0.29, 0.717) is 18.1 Å². The van der Waals surface area contributed by atoms with Crippen molar-refractivity contribution in [3.63, 3.8) is 0 Å². The van der Waals surface area contributed by atoms with Gasteiger partial charge in [-0.05, 0) is 37.5 Å². The van der Waals surface area contributed by atoms with Gasteiger partial charge >= 0.3 is 5.97 Å². The van der Waals surface area contributed by atoms with Gasteiger partial charge in [-0.15, -0.1) is 0 Å². The van der Waals surface area contributed by atoms with Crippen LogP contribution >= 0.6 is 11.6 Å². The molecule has 4 nitrogen and oxygen atoms in total. The summed E-state index contributed by atoms with van der Waals surface area (Å²) in [5.41, 5.74) is 0.471. The Bertz CT molecular complexity index is 596. The fraction of sp³-hybridized carbons (Fsp3) is 0.579. The largest absolute Gasteiger partial charge is 0.469 e. The molecule has 1 atom stereocenters. The molecule has 24 heavy (non-hydrogen) atoms. The molecule has 1 aliphatic rings. The monoisotopic (exact) mass is 351 g/mol. The normalized spacial score (nSPS) is 17.3. The second-order valence-electron chi connectivity index (χ2n) is 6.57. The molecule has 0 N–H and O–H groups in total. The Hall–Kier alpha value is -1.55. The summed E-state index contributed by atoms with van der Waals surface area (Å²) in [6.45, 7) is 4.69. The third kappa shape index (κ3) is 3.75. The van der Waals surface area contributed by atoms with Crippen LogP contribution in [0.4, 0.5) is 0 Å². The number of amides is 1. The summed E-state index contributed by atoms with van der Waals surface area (Å²) in [7, 11) is 1.38. The predicted molar refractivity (Wildman–Crippen MR) is 95.0 cm³/mol. The van der Waals surface area contributed by atoms with Crippen LogP contribution in [0.2, 0.25) is 5.02 Å². The van der Waals surface area contributed by atoms with Crippen molar-refractivity contribution in [1.82, 2.24) is 4.90 Å². The zero-order valence-electron chi connectivity index (χ0n) is 14.7. The van der Waals surface area contributed by atoms with E-state index >= 15 is 0 Å². The standard InChI is InChI=1S/C19H26ClNO3/c1-4-21(13-14(2)17(22)24-3)18(23)19(10-5-6-11-19)15-8-7-9-16(20)12-15/h7-9,12,14H,4-6,10-11,13H2,1-3H3. The van der Waals surface area contributed by atoms with Gasteiger partial charge in [-0.2, -0.15) is 0 Å². The Morgan fingerprint density at radius 1 is 1.33 bits per heavy atom. The van der Waals surface area contributed by atoms with Crippen molar-refractivity contribution in [2.45, 2.75) is 44.9 Å². The molecule has 1 fully saturated rings. The Morgan fingerprint density at radius 3 is 2.54 bits per heavy atom. The van der Waals surface area contributed by atoms with Crippen LogP contribution in [0.1, 0.15) is 45.1 Å². The Labute approximate surface area is 149 Å². The summed E-state index contributed by atoms with van der Waals surface area (Å²) in [5.74, 6) is -0.526. The van der Waals surface area contributed by atoms with E-state index in [1.54, 1.807) is 11.8 Å². The van der Waals surface area contributed by atoms with Gasteiger partial charge in [0.25, 0.3) is 0 Å². The summed E-state index contributed by atoms with van der Waals surface area (Å²) in [6.07, 6.45) is 3.72. The van der Waals surface area contributed by atoms with Crippen LogP contribution in [0, 0.1) is 5.92 Å². The number of hydrogen-bond donors (Lipinski definition) is 0. The van der Waals surface area contributed by atoms with Crippen molar-refractivity contribution in [1.29, 1.82) is 0 Å². The van der Waals surface area contributed by atoms with Gasteiger partial charge in [0.05, 0.1) is 18.4 Å². The number of nitrogens with zero attached hydrogens (tertiary/aromatic N) is 1. The highest BCUT2D eigenvalue weighted by molar-refractivity contribution is 6.30. The molecule has 0 bridgehead atoms. The van der Waals surface area contributed by atoms with Gasteiger partial charge in [0.15, 0.2) is 0 Å². The van der Waals surface area contributed by atoms with Gasteiger partial charge in [0, 0.05) is 18.1 Å². The van der Waals surface area contributed by atoms with Crippen LogP contribution in [0.15, 0.2) is 24.3 Å². The van der Waals surface area contributed by atoms with Crippen molar-refractivity contribution >= 4 is 23.5 Å². The molecule has 1 saturated carbocycles. The summed E-state index contributed by atoms with van der Waals surface area (Å²) in [5, 5.41) is 0.651. The second-order valence-corrected chi connectivity index (χ2v) is 7.00. The molecule has 1 aromatic carbocycles. The number of methoxy groups -OCH3 is 1. The summed E-state index contributed by atoms with van der Waals surface area (Å²) < 4.78 is 4.79. The van der Waals surface area contributed by atoms with Crippen molar-refractivity contribution in [3.05, 3.63) is 34.9 Å². The number of carbonyl (C=O) groups is 2. The summed E-state index contributed by atoms with van der Waals surface area (Å²) in [4.78, 5) is 26.9. The fourth-order valence-corrected chi connectivity index (χ4v) is 3.85. The van der Waals surface area contributed by atoms with Gasteiger partial charge in [0.2, 0.25) is 5.91 Å². The van der Waals surface area contributed by atoms with Gasteiger partial charge in [-0.3, -0.25) is 9.59 Å². The first kappa shape index (κ1) is 18.8. The van der Waals surface area contributed by atoms with E-state index < -0.39 is 5.41 Å². The van der Waals surface area contributed by atoms with Gasteiger partial charge < -0.3 is 9.64 Å². The molecule has 5 heteroatoms. The number of carbonyl (C=O) groups excluding carboxylic acids is 2. The Morgan fingerprint density at radius 2 is 2.00 bits per heavy atom. The van der Waals surface area contributed by atoms with Gasteiger partial charge in [-0.25, -0.2) is 0 Å². The number of ether oxygens (including phenoxy) is 1. The van der Waals surface area contributed by atoms with Crippen LogP contribution in [-0.2, 0) is 19.7 Å². The van der Waals surface area contributed by atoms with Crippen LogP contribution in [-0.4, -0.2) is 37.0 Å². The smallest absolute Gasteiger partial charge is 0.310 e. The number of rotatable bonds is 6. The van der Waals surface area contributed by atoms with Crippen molar-refractivity contribution in [2.24, 2.45) is 5.92 Å². The molecular formula is C19H26ClNO3. The van der Waals surface area contributed by atoms with E-state index in [0.717, 1.165) is 31.2 Å². The number of esters is 1. The maximum Gasteiger partial charge on any atom is 0.310 e. The molecular weight excluding hydrogens is 326 g/mol. The molecule has 132 valence electrons. The first-order valence-corrected chi connectivity index (χ1v) is 8.95. The maximum atomic E-state index is 13.4. The molecule has 1 aromatic rings. The Balaban J connectivity index is 2.29. The van der Waals surface area contributed by atoms with Crippen molar-refractivity contribution in [2.75, 3.05) is 20.2 Å². The first-order chi connectivity index (χ1) is 11.4. The third-order valence-corrected chi connectivity index (χ3v) is 5.25. The first-order valence-electron chi connectivity index (χ1n) is 8.58. The molecule has 2 rings (SSSR count). The van der Waals surface area contributed by atoms with Crippen molar-refractivity contribution < 1.29 is 14.3 Å². The topological polar surface area (TPSA) is 46.6 Å². The molecule has 1 unspecified atom stereocenters.